The second kappa shape index (κ2) is 7.59. The van der Waals surface area contributed by atoms with Crippen LogP contribution in [0.5, 0.6) is 0 Å². The molecule has 2 N–H and O–H groups in total. The van der Waals surface area contributed by atoms with Crippen molar-refractivity contribution in [1.82, 2.24) is 15.3 Å². The van der Waals surface area contributed by atoms with Gasteiger partial charge in [-0.15, -0.1) is 0 Å². The van der Waals surface area contributed by atoms with Crippen LogP contribution >= 0.6 is 11.6 Å². The number of nitrogens with one attached hydrogen (secondary N) is 2. The highest BCUT2D eigenvalue weighted by Crippen LogP contribution is 2.23. The van der Waals surface area contributed by atoms with Gasteiger partial charge in [-0.25, -0.2) is 9.97 Å². The van der Waals surface area contributed by atoms with E-state index in [1.165, 1.54) is 6.33 Å². The smallest absolute Gasteiger partial charge is 0.270 e. The number of amides is 1. The number of aromatic nitrogens is 2. The van der Waals surface area contributed by atoms with Crippen LogP contribution < -0.4 is 10.6 Å². The third kappa shape index (κ3) is 4.21. The summed E-state index contributed by atoms with van der Waals surface area (Å²) >= 11 is 6.02. The highest BCUT2D eigenvalue weighted by Gasteiger charge is 2.17. The number of benzene rings is 1. The van der Waals surface area contributed by atoms with Crippen LogP contribution in [0.1, 0.15) is 28.9 Å². The summed E-state index contributed by atoms with van der Waals surface area (Å²) in [6, 6.07) is 7.18. The van der Waals surface area contributed by atoms with E-state index in [2.05, 4.69) is 20.6 Å². The number of hydrogen-bond acceptors (Lipinski definition) is 5. The third-order valence-electron chi connectivity index (χ3n) is 3.88. The molecule has 1 saturated heterocycles. The van der Waals surface area contributed by atoms with E-state index in [1.807, 2.05) is 25.1 Å². The van der Waals surface area contributed by atoms with Gasteiger partial charge >= 0.3 is 0 Å². The van der Waals surface area contributed by atoms with Crippen molar-refractivity contribution in [3.05, 3.63) is 46.9 Å². The molecule has 1 aliphatic rings. The van der Waals surface area contributed by atoms with E-state index >= 15 is 0 Å². The lowest BCUT2D eigenvalue weighted by Gasteiger charge is -2.12. The molecule has 2 aromatic rings. The van der Waals surface area contributed by atoms with Crippen LogP contribution in [0, 0.1) is 6.92 Å². The molecular weight excluding hydrogens is 328 g/mol. The van der Waals surface area contributed by atoms with E-state index in [0.717, 1.165) is 30.7 Å². The van der Waals surface area contributed by atoms with Crippen molar-refractivity contribution in [2.75, 3.05) is 18.5 Å². The predicted molar refractivity (Wildman–Crippen MR) is 92.8 cm³/mol. The van der Waals surface area contributed by atoms with Crippen molar-refractivity contribution in [1.29, 1.82) is 0 Å². The van der Waals surface area contributed by atoms with Crippen molar-refractivity contribution >= 4 is 29.0 Å². The Kier molecular flexibility index (Phi) is 5.27. The molecule has 7 heteroatoms. The highest BCUT2D eigenvalue weighted by atomic mass is 35.5. The number of anilines is 2. The molecule has 0 aliphatic carbocycles. The SMILES string of the molecule is Cc1ccc(Cl)cc1Nc1cc(C(=O)NCC2CCCO2)ncn1. The molecule has 0 bridgehead atoms. The summed E-state index contributed by atoms with van der Waals surface area (Å²) in [7, 11) is 0. The monoisotopic (exact) mass is 346 g/mol. The van der Waals surface area contributed by atoms with Gasteiger partial charge in [0.25, 0.3) is 5.91 Å². The molecule has 1 aromatic carbocycles. The highest BCUT2D eigenvalue weighted by molar-refractivity contribution is 6.30. The van der Waals surface area contributed by atoms with Gasteiger partial charge in [-0.2, -0.15) is 0 Å². The van der Waals surface area contributed by atoms with Crippen LogP contribution in [-0.2, 0) is 4.74 Å². The van der Waals surface area contributed by atoms with Gasteiger partial charge < -0.3 is 15.4 Å². The first kappa shape index (κ1) is 16.7. The summed E-state index contributed by atoms with van der Waals surface area (Å²) < 4.78 is 5.49. The number of carbonyl (C=O) groups is 1. The molecule has 0 radical (unpaired) electrons. The molecule has 1 unspecified atom stereocenters. The van der Waals surface area contributed by atoms with Crippen molar-refractivity contribution < 1.29 is 9.53 Å². The Labute approximate surface area is 145 Å². The molecule has 1 aromatic heterocycles. The lowest BCUT2D eigenvalue weighted by molar-refractivity contribution is 0.0853. The number of rotatable bonds is 5. The molecule has 24 heavy (non-hydrogen) atoms. The van der Waals surface area contributed by atoms with Gasteiger partial charge in [0.1, 0.15) is 17.8 Å². The average Bonchev–Trinajstić information content (AvgIpc) is 3.10. The topological polar surface area (TPSA) is 76.1 Å². The maximum absolute atomic E-state index is 12.2. The number of hydrogen-bond donors (Lipinski definition) is 2. The normalized spacial score (nSPS) is 16.8. The minimum atomic E-state index is -0.237. The maximum Gasteiger partial charge on any atom is 0.270 e. The fraction of sp³-hybridized carbons (Fsp3) is 0.353. The summed E-state index contributed by atoms with van der Waals surface area (Å²) in [6.07, 6.45) is 3.48. The van der Waals surface area contributed by atoms with Gasteiger partial charge in [-0.1, -0.05) is 17.7 Å². The first-order chi connectivity index (χ1) is 11.6. The molecular formula is C17H19ClN4O2. The van der Waals surface area contributed by atoms with E-state index in [1.54, 1.807) is 6.07 Å². The van der Waals surface area contributed by atoms with Crippen molar-refractivity contribution in [3.8, 4) is 0 Å². The Morgan fingerprint density at radius 1 is 1.38 bits per heavy atom. The van der Waals surface area contributed by atoms with Gasteiger partial charge in [0.2, 0.25) is 0 Å². The van der Waals surface area contributed by atoms with Crippen LogP contribution in [0.2, 0.25) is 5.02 Å². The Bertz CT molecular complexity index is 732. The summed E-state index contributed by atoms with van der Waals surface area (Å²) in [5, 5.41) is 6.65. The lowest BCUT2D eigenvalue weighted by atomic mass is 10.2. The zero-order valence-corrected chi connectivity index (χ0v) is 14.1. The Balaban J connectivity index is 1.66. The number of nitrogens with zero attached hydrogens (tertiary/aromatic N) is 2. The first-order valence-corrected chi connectivity index (χ1v) is 8.24. The molecule has 2 heterocycles. The van der Waals surface area contributed by atoms with Crippen molar-refractivity contribution in [2.24, 2.45) is 0 Å². The summed E-state index contributed by atoms with van der Waals surface area (Å²) in [5.41, 5.74) is 2.18. The first-order valence-electron chi connectivity index (χ1n) is 7.87. The van der Waals surface area contributed by atoms with Crippen LogP contribution in [-0.4, -0.2) is 35.1 Å². The Morgan fingerprint density at radius 3 is 3.04 bits per heavy atom. The number of ether oxygens (including phenoxy) is 1. The summed E-state index contributed by atoms with van der Waals surface area (Å²) in [4.78, 5) is 20.4. The molecule has 3 rings (SSSR count). The quantitative estimate of drug-likeness (QED) is 0.870. The zero-order valence-electron chi connectivity index (χ0n) is 13.4. The average molecular weight is 347 g/mol. The van der Waals surface area contributed by atoms with E-state index in [4.69, 9.17) is 16.3 Å². The fourth-order valence-electron chi connectivity index (χ4n) is 2.52. The van der Waals surface area contributed by atoms with E-state index in [0.29, 0.717) is 23.1 Å². The molecule has 0 spiro atoms. The number of halogens is 1. The minimum Gasteiger partial charge on any atom is -0.376 e. The van der Waals surface area contributed by atoms with Crippen molar-refractivity contribution in [3.63, 3.8) is 0 Å². The Hall–Kier alpha value is -2.18. The van der Waals surface area contributed by atoms with E-state index in [-0.39, 0.29) is 12.0 Å². The van der Waals surface area contributed by atoms with Crippen LogP contribution in [0.15, 0.2) is 30.6 Å². The van der Waals surface area contributed by atoms with E-state index in [9.17, 15) is 4.79 Å². The fourth-order valence-corrected chi connectivity index (χ4v) is 2.69. The van der Waals surface area contributed by atoms with Crippen LogP contribution in [0.25, 0.3) is 0 Å². The summed E-state index contributed by atoms with van der Waals surface area (Å²) in [6.45, 7) is 3.23. The number of carbonyl (C=O) groups excluding carboxylic acids is 1. The molecule has 1 atom stereocenters. The molecule has 0 saturated carbocycles. The molecule has 126 valence electrons. The van der Waals surface area contributed by atoms with Crippen molar-refractivity contribution in [2.45, 2.75) is 25.9 Å². The predicted octanol–water partition coefficient (Wildman–Crippen LogP) is 3.09. The molecule has 1 aliphatic heterocycles. The minimum absolute atomic E-state index is 0.0995. The zero-order chi connectivity index (χ0) is 16.9. The molecule has 6 nitrogen and oxygen atoms in total. The van der Waals surface area contributed by atoms with Gasteiger partial charge in [0.15, 0.2) is 0 Å². The maximum atomic E-state index is 12.2. The largest absolute Gasteiger partial charge is 0.376 e. The molecule has 1 amide bonds. The number of aryl methyl sites for hydroxylation is 1. The second-order valence-electron chi connectivity index (χ2n) is 5.72. The van der Waals surface area contributed by atoms with Gasteiger partial charge in [0, 0.05) is 29.9 Å². The van der Waals surface area contributed by atoms with Crippen LogP contribution in [0.3, 0.4) is 0 Å². The second-order valence-corrected chi connectivity index (χ2v) is 6.15. The van der Waals surface area contributed by atoms with E-state index < -0.39 is 0 Å². The van der Waals surface area contributed by atoms with Gasteiger partial charge in [0.05, 0.1) is 6.10 Å². The van der Waals surface area contributed by atoms with Gasteiger partial charge in [-0.05, 0) is 37.5 Å². The lowest BCUT2D eigenvalue weighted by Crippen LogP contribution is -2.32. The standard InChI is InChI=1S/C17H19ClN4O2/c1-11-4-5-12(18)7-14(11)22-16-8-15(20-10-21-16)17(23)19-9-13-3-2-6-24-13/h4-5,7-8,10,13H,2-3,6,9H2,1H3,(H,19,23)(H,20,21,22). The third-order valence-corrected chi connectivity index (χ3v) is 4.11. The molecule has 1 fully saturated rings. The Morgan fingerprint density at radius 2 is 2.25 bits per heavy atom. The van der Waals surface area contributed by atoms with Crippen LogP contribution in [0.4, 0.5) is 11.5 Å². The summed E-state index contributed by atoms with van der Waals surface area (Å²) in [5.74, 6) is 0.302. The van der Waals surface area contributed by atoms with Gasteiger partial charge in [-0.3, -0.25) is 4.79 Å².